The summed E-state index contributed by atoms with van der Waals surface area (Å²) in [7, 11) is 1.49. The van der Waals surface area contributed by atoms with Gasteiger partial charge in [0.1, 0.15) is 5.75 Å². The first kappa shape index (κ1) is 23.6. The topological polar surface area (TPSA) is 118 Å². The van der Waals surface area contributed by atoms with Crippen LogP contribution in [0.4, 0.5) is 0 Å². The molecule has 2 aromatic rings. The number of rotatable bonds is 11. The first-order chi connectivity index (χ1) is 15.1. The number of benzene rings is 2. The molecule has 3 amide bonds. The maximum atomic E-state index is 11.9. The van der Waals surface area contributed by atoms with Crippen molar-refractivity contribution in [1.82, 2.24) is 16.1 Å². The van der Waals surface area contributed by atoms with Crippen molar-refractivity contribution in [3.8, 4) is 5.75 Å². The molecule has 0 aliphatic heterocycles. The van der Waals surface area contributed by atoms with Gasteiger partial charge in [-0.15, -0.1) is 0 Å². The molecule has 0 saturated carbocycles. The first-order valence-corrected chi connectivity index (χ1v) is 9.72. The lowest BCUT2D eigenvalue weighted by Crippen LogP contribution is -2.39. The summed E-state index contributed by atoms with van der Waals surface area (Å²) in [5, 5.41) is 8.93. The minimum Gasteiger partial charge on any atom is -0.484 e. The van der Waals surface area contributed by atoms with Gasteiger partial charge in [-0.05, 0) is 41.8 Å². The maximum absolute atomic E-state index is 11.9. The zero-order valence-electron chi connectivity index (χ0n) is 17.3. The Balaban J connectivity index is 1.66. The molecule has 0 aromatic heterocycles. The van der Waals surface area contributed by atoms with Crippen molar-refractivity contribution < 1.29 is 23.9 Å². The average Bonchev–Trinajstić information content (AvgIpc) is 2.79. The summed E-state index contributed by atoms with van der Waals surface area (Å²) in [5.41, 5.74) is 3.97. The Bertz CT molecular complexity index is 869. The first-order valence-electron chi connectivity index (χ1n) is 9.72. The van der Waals surface area contributed by atoms with Crippen LogP contribution in [0.1, 0.15) is 11.1 Å². The quantitative estimate of drug-likeness (QED) is 0.211. The van der Waals surface area contributed by atoms with Crippen LogP contribution < -0.4 is 20.8 Å². The van der Waals surface area contributed by atoms with E-state index in [0.29, 0.717) is 24.5 Å². The monoisotopic (exact) mass is 426 g/mol. The van der Waals surface area contributed by atoms with Crippen molar-refractivity contribution in [3.63, 3.8) is 0 Å². The predicted molar refractivity (Wildman–Crippen MR) is 116 cm³/mol. The van der Waals surface area contributed by atoms with Crippen LogP contribution in [0.3, 0.4) is 0 Å². The zero-order valence-corrected chi connectivity index (χ0v) is 17.3. The fourth-order valence-electron chi connectivity index (χ4n) is 2.40. The van der Waals surface area contributed by atoms with Gasteiger partial charge in [0.15, 0.2) is 6.61 Å². The fraction of sp³-hybridized carbons (Fsp3) is 0.273. The highest BCUT2D eigenvalue weighted by molar-refractivity contribution is 6.35. The molecule has 9 heteroatoms. The largest absolute Gasteiger partial charge is 0.484 e. The van der Waals surface area contributed by atoms with Crippen molar-refractivity contribution in [2.75, 3.05) is 33.4 Å². The molecule has 0 bridgehead atoms. The van der Waals surface area contributed by atoms with Gasteiger partial charge in [-0.3, -0.25) is 14.4 Å². The van der Waals surface area contributed by atoms with E-state index in [1.807, 2.05) is 30.3 Å². The van der Waals surface area contributed by atoms with Gasteiger partial charge in [0, 0.05) is 20.2 Å². The summed E-state index contributed by atoms with van der Waals surface area (Å²) in [4.78, 5) is 34.9. The van der Waals surface area contributed by atoms with Gasteiger partial charge in [0.25, 0.3) is 5.91 Å². The predicted octanol–water partition coefficient (Wildman–Crippen LogP) is 0.637. The number of carbonyl (C=O) groups is 3. The van der Waals surface area contributed by atoms with Gasteiger partial charge in [-0.1, -0.05) is 30.3 Å². The Hall–Kier alpha value is -3.72. The van der Waals surface area contributed by atoms with Crippen LogP contribution in [0.2, 0.25) is 0 Å². The second-order valence-corrected chi connectivity index (χ2v) is 6.39. The van der Waals surface area contributed by atoms with Crippen molar-refractivity contribution in [2.24, 2.45) is 5.10 Å². The smallest absolute Gasteiger partial charge is 0.329 e. The summed E-state index contributed by atoms with van der Waals surface area (Å²) >= 11 is 0. The van der Waals surface area contributed by atoms with Crippen LogP contribution in [-0.4, -0.2) is 57.3 Å². The Labute approximate surface area is 180 Å². The highest BCUT2D eigenvalue weighted by Crippen LogP contribution is 2.10. The van der Waals surface area contributed by atoms with Gasteiger partial charge >= 0.3 is 11.8 Å². The number of nitrogens with zero attached hydrogens (tertiary/aromatic N) is 1. The van der Waals surface area contributed by atoms with E-state index in [1.165, 1.54) is 13.3 Å². The Morgan fingerprint density at radius 1 is 0.935 bits per heavy atom. The Morgan fingerprint density at radius 2 is 1.68 bits per heavy atom. The van der Waals surface area contributed by atoms with Gasteiger partial charge in [0.05, 0.1) is 12.8 Å². The lowest BCUT2D eigenvalue weighted by Gasteiger charge is -2.08. The molecule has 0 saturated heterocycles. The number of hydrogen-bond acceptors (Lipinski definition) is 6. The molecule has 164 valence electrons. The van der Waals surface area contributed by atoms with Gasteiger partial charge in [-0.25, -0.2) is 5.43 Å². The van der Waals surface area contributed by atoms with Crippen molar-refractivity contribution in [1.29, 1.82) is 0 Å². The second kappa shape index (κ2) is 13.5. The van der Waals surface area contributed by atoms with E-state index >= 15 is 0 Å². The molecule has 0 fully saturated rings. The van der Waals surface area contributed by atoms with Gasteiger partial charge in [-0.2, -0.15) is 5.10 Å². The summed E-state index contributed by atoms with van der Waals surface area (Å²) in [6.07, 6.45) is 2.15. The number of ether oxygens (including phenoxy) is 2. The number of hydrazone groups is 1. The molecule has 0 atom stereocenters. The molecular weight excluding hydrogens is 400 g/mol. The van der Waals surface area contributed by atoms with Crippen molar-refractivity contribution in [2.45, 2.75) is 6.42 Å². The summed E-state index contributed by atoms with van der Waals surface area (Å²) in [6.45, 7) is 0.999. The minimum absolute atomic E-state index is 0.0868. The Kier molecular flexibility index (Phi) is 10.3. The van der Waals surface area contributed by atoms with Crippen LogP contribution in [-0.2, 0) is 25.5 Å². The molecule has 0 aliphatic rings. The van der Waals surface area contributed by atoms with E-state index in [1.54, 1.807) is 24.3 Å². The third kappa shape index (κ3) is 9.55. The molecule has 0 aliphatic carbocycles. The molecule has 3 N–H and O–H groups in total. The molecule has 0 unspecified atom stereocenters. The van der Waals surface area contributed by atoms with Gasteiger partial charge < -0.3 is 20.1 Å². The van der Waals surface area contributed by atoms with Crippen molar-refractivity contribution in [3.05, 3.63) is 65.7 Å². The molecule has 2 aromatic carbocycles. The Morgan fingerprint density at radius 3 is 2.39 bits per heavy atom. The van der Waals surface area contributed by atoms with E-state index in [2.05, 4.69) is 21.2 Å². The van der Waals surface area contributed by atoms with E-state index in [0.717, 1.165) is 12.0 Å². The zero-order chi connectivity index (χ0) is 22.3. The number of carbonyl (C=O) groups excluding carboxylic acids is 3. The fourth-order valence-corrected chi connectivity index (χ4v) is 2.40. The van der Waals surface area contributed by atoms with Crippen LogP contribution in [0.5, 0.6) is 5.75 Å². The molecule has 2 rings (SSSR count). The lowest BCUT2D eigenvalue weighted by atomic mass is 10.1. The van der Waals surface area contributed by atoms with Crippen LogP contribution in [0.25, 0.3) is 0 Å². The van der Waals surface area contributed by atoms with E-state index in [9.17, 15) is 14.4 Å². The average molecular weight is 426 g/mol. The van der Waals surface area contributed by atoms with E-state index < -0.39 is 11.8 Å². The SMILES string of the molecule is COCCNC(=O)C(=O)N/N=C\c1ccc(OCC(=O)NCCc2ccccc2)cc1. The second-order valence-electron chi connectivity index (χ2n) is 6.39. The highest BCUT2D eigenvalue weighted by atomic mass is 16.5. The molecular formula is C22H26N4O5. The third-order valence-corrected chi connectivity index (χ3v) is 4.01. The van der Waals surface area contributed by atoms with Crippen LogP contribution in [0.15, 0.2) is 59.7 Å². The summed E-state index contributed by atoms with van der Waals surface area (Å²) < 4.78 is 10.2. The number of nitrogens with one attached hydrogen (secondary N) is 3. The lowest BCUT2D eigenvalue weighted by molar-refractivity contribution is -0.139. The van der Waals surface area contributed by atoms with Gasteiger partial charge in [0.2, 0.25) is 0 Å². The number of amides is 3. The van der Waals surface area contributed by atoms with E-state index in [4.69, 9.17) is 9.47 Å². The molecule has 9 nitrogen and oxygen atoms in total. The van der Waals surface area contributed by atoms with Crippen LogP contribution >= 0.6 is 0 Å². The molecule has 0 spiro atoms. The third-order valence-electron chi connectivity index (χ3n) is 4.01. The molecule has 0 radical (unpaired) electrons. The summed E-state index contributed by atoms with van der Waals surface area (Å²) in [6, 6.07) is 16.7. The maximum Gasteiger partial charge on any atom is 0.329 e. The number of hydrogen-bond donors (Lipinski definition) is 3. The minimum atomic E-state index is -0.870. The molecule has 0 heterocycles. The van der Waals surface area contributed by atoms with Crippen LogP contribution in [0, 0.1) is 0 Å². The van der Waals surface area contributed by atoms with Crippen molar-refractivity contribution >= 4 is 23.9 Å². The standard InChI is InChI=1S/C22H26N4O5/c1-30-14-13-24-21(28)22(29)26-25-15-18-7-9-19(10-8-18)31-16-20(27)23-12-11-17-5-3-2-4-6-17/h2-10,15H,11-14,16H2,1H3,(H,23,27)(H,24,28)(H,26,29)/b25-15-. The highest BCUT2D eigenvalue weighted by Gasteiger charge is 2.11. The van der Waals surface area contributed by atoms with E-state index in [-0.39, 0.29) is 19.1 Å². The summed E-state index contributed by atoms with van der Waals surface area (Å²) in [5.74, 6) is -1.34. The normalized spacial score (nSPS) is 10.5. The molecule has 31 heavy (non-hydrogen) atoms. The number of methoxy groups -OCH3 is 1.